The van der Waals surface area contributed by atoms with E-state index in [1.807, 2.05) is 6.07 Å². The molecule has 0 fully saturated rings. The Bertz CT molecular complexity index is 1110. The van der Waals surface area contributed by atoms with Crippen LogP contribution in [0.25, 0.3) is 0 Å². The Morgan fingerprint density at radius 2 is 1.56 bits per heavy atom. The summed E-state index contributed by atoms with van der Waals surface area (Å²) in [7, 11) is 1.53. The smallest absolute Gasteiger partial charge is 0.262 e. The van der Waals surface area contributed by atoms with E-state index in [-0.39, 0.29) is 24.3 Å². The molecule has 3 N–H and O–H groups in total. The fraction of sp³-hybridized carbons (Fsp3) is 0.125. The van der Waals surface area contributed by atoms with Crippen molar-refractivity contribution in [2.45, 2.75) is 6.92 Å². The van der Waals surface area contributed by atoms with Gasteiger partial charge in [0, 0.05) is 29.9 Å². The van der Waals surface area contributed by atoms with E-state index in [0.717, 1.165) is 0 Å². The van der Waals surface area contributed by atoms with E-state index < -0.39 is 0 Å². The summed E-state index contributed by atoms with van der Waals surface area (Å²) in [5.41, 5.74) is 2.11. The zero-order valence-corrected chi connectivity index (χ0v) is 17.7. The second-order valence-corrected chi connectivity index (χ2v) is 6.78. The highest BCUT2D eigenvalue weighted by molar-refractivity contribution is 6.05. The first-order valence-electron chi connectivity index (χ1n) is 9.79. The Hall–Kier alpha value is -4.33. The van der Waals surface area contributed by atoms with Gasteiger partial charge < -0.3 is 25.4 Å². The van der Waals surface area contributed by atoms with E-state index >= 15 is 0 Å². The van der Waals surface area contributed by atoms with Gasteiger partial charge in [-0.3, -0.25) is 14.4 Å². The zero-order chi connectivity index (χ0) is 22.9. The van der Waals surface area contributed by atoms with Crippen LogP contribution < -0.4 is 25.4 Å². The molecule has 0 radical (unpaired) electrons. The Kier molecular flexibility index (Phi) is 7.42. The van der Waals surface area contributed by atoms with Crippen molar-refractivity contribution in [2.75, 3.05) is 29.7 Å². The van der Waals surface area contributed by atoms with E-state index in [0.29, 0.717) is 34.1 Å². The molecule has 3 aromatic carbocycles. The van der Waals surface area contributed by atoms with Gasteiger partial charge in [-0.1, -0.05) is 18.2 Å². The summed E-state index contributed by atoms with van der Waals surface area (Å²) in [5, 5.41) is 8.15. The number of amides is 3. The quantitative estimate of drug-likeness (QED) is 0.499. The Morgan fingerprint density at radius 3 is 2.28 bits per heavy atom. The SMILES string of the molecule is COc1ccccc1NC(=O)c1ccc(NC(=O)COc2cccc(NC(C)=O)c2)cc1. The molecule has 0 saturated heterocycles. The second kappa shape index (κ2) is 10.6. The number of anilines is 3. The summed E-state index contributed by atoms with van der Waals surface area (Å²) < 4.78 is 10.7. The van der Waals surface area contributed by atoms with Crippen molar-refractivity contribution in [3.05, 3.63) is 78.4 Å². The molecule has 0 aliphatic carbocycles. The first-order valence-corrected chi connectivity index (χ1v) is 9.79. The topological polar surface area (TPSA) is 106 Å². The molecule has 3 aromatic rings. The average molecular weight is 433 g/mol. The molecule has 0 heterocycles. The summed E-state index contributed by atoms with van der Waals surface area (Å²) in [5.74, 6) is 0.165. The number of nitrogens with one attached hydrogen (secondary N) is 3. The number of benzene rings is 3. The van der Waals surface area contributed by atoms with Crippen LogP contribution in [0.5, 0.6) is 11.5 Å². The number of carbonyl (C=O) groups excluding carboxylic acids is 3. The number of ether oxygens (including phenoxy) is 2. The second-order valence-electron chi connectivity index (χ2n) is 6.78. The number of para-hydroxylation sites is 2. The van der Waals surface area contributed by atoms with Gasteiger partial charge in [0.05, 0.1) is 12.8 Å². The van der Waals surface area contributed by atoms with Gasteiger partial charge in [-0.2, -0.15) is 0 Å². The molecule has 32 heavy (non-hydrogen) atoms. The molecule has 0 saturated carbocycles. The number of hydrogen-bond donors (Lipinski definition) is 3. The van der Waals surface area contributed by atoms with Crippen molar-refractivity contribution in [2.24, 2.45) is 0 Å². The number of methoxy groups -OCH3 is 1. The molecule has 0 spiro atoms. The molecule has 0 aromatic heterocycles. The maximum Gasteiger partial charge on any atom is 0.262 e. The standard InChI is InChI=1S/C24H23N3O5/c1-16(28)25-19-6-5-7-20(14-19)32-15-23(29)26-18-12-10-17(11-13-18)24(30)27-21-8-3-4-9-22(21)31-2/h3-14H,15H2,1-2H3,(H,25,28)(H,26,29)(H,27,30). The van der Waals surface area contributed by atoms with Crippen LogP contribution in [0.4, 0.5) is 17.1 Å². The molecule has 0 aliphatic rings. The van der Waals surface area contributed by atoms with Crippen molar-refractivity contribution in [3.63, 3.8) is 0 Å². The van der Waals surface area contributed by atoms with Gasteiger partial charge in [0.15, 0.2) is 6.61 Å². The zero-order valence-electron chi connectivity index (χ0n) is 17.7. The number of rotatable bonds is 8. The Balaban J connectivity index is 1.53. The Labute approximate surface area is 185 Å². The maximum absolute atomic E-state index is 12.5. The third-order valence-electron chi connectivity index (χ3n) is 4.31. The Morgan fingerprint density at radius 1 is 0.812 bits per heavy atom. The van der Waals surface area contributed by atoms with Gasteiger partial charge in [-0.15, -0.1) is 0 Å². The first-order chi connectivity index (χ1) is 15.4. The largest absolute Gasteiger partial charge is 0.495 e. The lowest BCUT2D eigenvalue weighted by molar-refractivity contribution is -0.118. The van der Waals surface area contributed by atoms with Crippen molar-refractivity contribution in [1.82, 2.24) is 0 Å². The van der Waals surface area contributed by atoms with E-state index in [9.17, 15) is 14.4 Å². The minimum Gasteiger partial charge on any atom is -0.495 e. The summed E-state index contributed by atoms with van der Waals surface area (Å²) in [4.78, 5) is 35.8. The van der Waals surface area contributed by atoms with Crippen LogP contribution in [0.2, 0.25) is 0 Å². The van der Waals surface area contributed by atoms with Gasteiger partial charge >= 0.3 is 0 Å². The summed E-state index contributed by atoms with van der Waals surface area (Å²) in [6, 6.07) is 20.4. The highest BCUT2D eigenvalue weighted by Gasteiger charge is 2.10. The summed E-state index contributed by atoms with van der Waals surface area (Å²) in [6.07, 6.45) is 0. The minimum absolute atomic E-state index is 0.195. The lowest BCUT2D eigenvalue weighted by Crippen LogP contribution is -2.20. The van der Waals surface area contributed by atoms with E-state index in [1.165, 1.54) is 14.0 Å². The summed E-state index contributed by atoms with van der Waals surface area (Å²) >= 11 is 0. The lowest BCUT2D eigenvalue weighted by atomic mass is 10.2. The fourth-order valence-electron chi connectivity index (χ4n) is 2.86. The monoisotopic (exact) mass is 433 g/mol. The molecule has 164 valence electrons. The highest BCUT2D eigenvalue weighted by Crippen LogP contribution is 2.24. The molecule has 0 aliphatic heterocycles. The van der Waals surface area contributed by atoms with Crippen LogP contribution in [0.15, 0.2) is 72.8 Å². The molecule has 3 amide bonds. The molecule has 0 atom stereocenters. The lowest BCUT2D eigenvalue weighted by Gasteiger charge is -2.11. The minimum atomic E-state index is -0.360. The maximum atomic E-state index is 12.5. The summed E-state index contributed by atoms with van der Waals surface area (Å²) in [6.45, 7) is 1.20. The van der Waals surface area contributed by atoms with Crippen LogP contribution >= 0.6 is 0 Å². The van der Waals surface area contributed by atoms with E-state index in [4.69, 9.17) is 9.47 Å². The normalized spacial score (nSPS) is 10.1. The van der Waals surface area contributed by atoms with Crippen molar-refractivity contribution >= 4 is 34.8 Å². The molecule has 0 unspecified atom stereocenters. The number of carbonyl (C=O) groups is 3. The fourth-order valence-corrected chi connectivity index (χ4v) is 2.86. The van der Waals surface area contributed by atoms with Crippen LogP contribution in [0.1, 0.15) is 17.3 Å². The van der Waals surface area contributed by atoms with E-state index in [2.05, 4.69) is 16.0 Å². The van der Waals surface area contributed by atoms with Crippen LogP contribution in [0, 0.1) is 0 Å². The predicted molar refractivity (Wildman–Crippen MR) is 122 cm³/mol. The molecule has 3 rings (SSSR count). The third-order valence-corrected chi connectivity index (χ3v) is 4.31. The van der Waals surface area contributed by atoms with Crippen LogP contribution in [-0.2, 0) is 9.59 Å². The predicted octanol–water partition coefficient (Wildman–Crippen LogP) is 3.92. The molecule has 0 bridgehead atoms. The van der Waals surface area contributed by atoms with Crippen molar-refractivity contribution in [1.29, 1.82) is 0 Å². The molecule has 8 heteroatoms. The van der Waals surface area contributed by atoms with Gasteiger partial charge in [-0.05, 0) is 48.5 Å². The van der Waals surface area contributed by atoms with Crippen molar-refractivity contribution < 1.29 is 23.9 Å². The molecular weight excluding hydrogens is 410 g/mol. The van der Waals surface area contributed by atoms with Gasteiger partial charge in [0.1, 0.15) is 11.5 Å². The molecule has 8 nitrogen and oxygen atoms in total. The third kappa shape index (κ3) is 6.33. The van der Waals surface area contributed by atoms with Gasteiger partial charge in [-0.25, -0.2) is 0 Å². The first kappa shape index (κ1) is 22.4. The number of hydrogen-bond acceptors (Lipinski definition) is 5. The van der Waals surface area contributed by atoms with Crippen LogP contribution in [0.3, 0.4) is 0 Å². The highest BCUT2D eigenvalue weighted by atomic mass is 16.5. The van der Waals surface area contributed by atoms with Crippen LogP contribution in [-0.4, -0.2) is 31.4 Å². The van der Waals surface area contributed by atoms with Gasteiger partial charge in [0.2, 0.25) is 5.91 Å². The molecular formula is C24H23N3O5. The van der Waals surface area contributed by atoms with Crippen molar-refractivity contribution in [3.8, 4) is 11.5 Å². The van der Waals surface area contributed by atoms with E-state index in [1.54, 1.807) is 66.7 Å². The average Bonchev–Trinajstić information content (AvgIpc) is 2.78. The van der Waals surface area contributed by atoms with Gasteiger partial charge in [0.25, 0.3) is 11.8 Å².